The molecular formula is C30H27N7O. The Kier molecular flexibility index (Phi) is 6.78. The van der Waals surface area contributed by atoms with Crippen LogP contribution in [0.5, 0.6) is 0 Å². The van der Waals surface area contributed by atoms with Crippen molar-refractivity contribution in [2.75, 3.05) is 31.1 Å². The van der Waals surface area contributed by atoms with Gasteiger partial charge in [-0.15, -0.1) is 0 Å². The van der Waals surface area contributed by atoms with Crippen molar-refractivity contribution < 1.29 is 4.79 Å². The number of aromatic nitrogens is 5. The van der Waals surface area contributed by atoms with E-state index in [1.807, 2.05) is 55.0 Å². The van der Waals surface area contributed by atoms with E-state index in [2.05, 4.69) is 47.9 Å². The van der Waals surface area contributed by atoms with Crippen molar-refractivity contribution in [3.63, 3.8) is 0 Å². The molecule has 0 saturated carbocycles. The lowest BCUT2D eigenvalue weighted by atomic mass is 10.00. The summed E-state index contributed by atoms with van der Waals surface area (Å²) in [6.45, 7) is 4.69. The SMILES string of the molecule is O=C(Cc1ccc(-c2ccc3ncc(N4CCN(Cc5cccnc5)CC4)nc3c2)cc1)c1cncnc1. The summed E-state index contributed by atoms with van der Waals surface area (Å²) in [5.74, 6) is 0.916. The Hall–Kier alpha value is -4.56. The van der Waals surface area contributed by atoms with Gasteiger partial charge in [-0.3, -0.25) is 19.7 Å². The minimum Gasteiger partial charge on any atom is -0.353 e. The Morgan fingerprint density at radius 3 is 2.32 bits per heavy atom. The van der Waals surface area contributed by atoms with Crippen molar-refractivity contribution >= 4 is 22.6 Å². The van der Waals surface area contributed by atoms with Crippen LogP contribution in [-0.4, -0.2) is 61.8 Å². The van der Waals surface area contributed by atoms with Gasteiger partial charge in [-0.2, -0.15) is 0 Å². The van der Waals surface area contributed by atoms with E-state index in [0.29, 0.717) is 12.0 Å². The Morgan fingerprint density at radius 2 is 1.55 bits per heavy atom. The average molecular weight is 502 g/mol. The molecule has 1 aliphatic rings. The number of piperazine rings is 1. The summed E-state index contributed by atoms with van der Waals surface area (Å²) >= 11 is 0. The predicted molar refractivity (Wildman–Crippen MR) is 147 cm³/mol. The summed E-state index contributed by atoms with van der Waals surface area (Å²) < 4.78 is 0. The van der Waals surface area contributed by atoms with Crippen LogP contribution < -0.4 is 4.90 Å². The molecule has 0 radical (unpaired) electrons. The molecule has 188 valence electrons. The van der Waals surface area contributed by atoms with Crippen molar-refractivity contribution in [1.29, 1.82) is 0 Å². The van der Waals surface area contributed by atoms with Gasteiger partial charge in [0.05, 0.1) is 22.8 Å². The topological polar surface area (TPSA) is 88.0 Å². The zero-order valence-corrected chi connectivity index (χ0v) is 20.9. The van der Waals surface area contributed by atoms with Crippen LogP contribution in [0, 0.1) is 0 Å². The molecule has 2 aromatic carbocycles. The van der Waals surface area contributed by atoms with Crippen LogP contribution in [0.4, 0.5) is 5.82 Å². The number of Topliss-reactive ketones (excluding diaryl/α,β-unsaturated/α-hetero) is 1. The second kappa shape index (κ2) is 10.8. The lowest BCUT2D eigenvalue weighted by Crippen LogP contribution is -2.46. The van der Waals surface area contributed by atoms with E-state index in [0.717, 1.165) is 66.3 Å². The van der Waals surface area contributed by atoms with Gasteiger partial charge in [0.1, 0.15) is 12.1 Å². The first-order valence-electron chi connectivity index (χ1n) is 12.7. The standard InChI is InChI=1S/C30H27N7O/c38-29(26-17-32-21-33-18-26)14-22-3-5-24(6-4-22)25-7-8-27-28(15-25)35-30(19-34-27)37-12-10-36(11-13-37)20-23-2-1-9-31-16-23/h1-9,15-19,21H,10-14,20H2. The predicted octanol–water partition coefficient (Wildman–Crippen LogP) is 4.23. The molecule has 1 fully saturated rings. The average Bonchev–Trinajstić information content (AvgIpc) is 2.98. The number of rotatable bonds is 7. The fourth-order valence-corrected chi connectivity index (χ4v) is 4.76. The number of pyridine rings is 1. The first-order valence-corrected chi connectivity index (χ1v) is 12.7. The maximum absolute atomic E-state index is 12.5. The van der Waals surface area contributed by atoms with Crippen molar-refractivity contribution in [1.82, 2.24) is 29.8 Å². The molecule has 8 heteroatoms. The first kappa shape index (κ1) is 23.8. The molecule has 8 nitrogen and oxygen atoms in total. The first-order chi connectivity index (χ1) is 18.7. The van der Waals surface area contributed by atoms with Gasteiger partial charge in [0.25, 0.3) is 0 Å². The quantitative estimate of drug-likeness (QED) is 0.306. The number of ketones is 1. The van der Waals surface area contributed by atoms with Crippen LogP contribution in [0.2, 0.25) is 0 Å². The summed E-state index contributed by atoms with van der Waals surface area (Å²) in [5, 5.41) is 0. The summed E-state index contributed by atoms with van der Waals surface area (Å²) in [6.07, 6.45) is 10.5. The van der Waals surface area contributed by atoms with Crippen LogP contribution >= 0.6 is 0 Å². The van der Waals surface area contributed by atoms with E-state index < -0.39 is 0 Å². The third kappa shape index (κ3) is 5.40. The second-order valence-corrected chi connectivity index (χ2v) is 9.48. The molecule has 0 atom stereocenters. The largest absolute Gasteiger partial charge is 0.353 e. The smallest absolute Gasteiger partial charge is 0.170 e. The molecule has 0 aliphatic carbocycles. The van der Waals surface area contributed by atoms with E-state index in [1.54, 1.807) is 12.4 Å². The zero-order valence-electron chi connectivity index (χ0n) is 20.9. The summed E-state index contributed by atoms with van der Waals surface area (Å²) in [7, 11) is 0. The van der Waals surface area contributed by atoms with Gasteiger partial charge in [-0.1, -0.05) is 36.4 Å². The number of carbonyl (C=O) groups is 1. The van der Waals surface area contributed by atoms with Crippen LogP contribution in [-0.2, 0) is 13.0 Å². The van der Waals surface area contributed by atoms with Gasteiger partial charge in [-0.05, 0) is 40.5 Å². The Bertz CT molecular complexity index is 1530. The minimum absolute atomic E-state index is 0.00441. The van der Waals surface area contributed by atoms with E-state index >= 15 is 0 Å². The van der Waals surface area contributed by atoms with Gasteiger partial charge in [-0.25, -0.2) is 15.0 Å². The number of nitrogens with zero attached hydrogens (tertiary/aromatic N) is 7. The second-order valence-electron chi connectivity index (χ2n) is 9.48. The van der Waals surface area contributed by atoms with Crippen LogP contribution in [0.15, 0.2) is 91.9 Å². The van der Waals surface area contributed by atoms with E-state index in [1.165, 1.54) is 11.9 Å². The molecule has 5 aromatic rings. The number of hydrogen-bond acceptors (Lipinski definition) is 8. The van der Waals surface area contributed by atoms with Crippen molar-refractivity contribution in [2.24, 2.45) is 0 Å². The molecular weight excluding hydrogens is 474 g/mol. The molecule has 0 bridgehead atoms. The number of anilines is 1. The van der Waals surface area contributed by atoms with Crippen LogP contribution in [0.3, 0.4) is 0 Å². The highest BCUT2D eigenvalue weighted by atomic mass is 16.1. The molecule has 0 N–H and O–H groups in total. The molecule has 1 aliphatic heterocycles. The zero-order chi connectivity index (χ0) is 25.7. The molecule has 0 amide bonds. The molecule has 4 heterocycles. The third-order valence-electron chi connectivity index (χ3n) is 6.89. The maximum atomic E-state index is 12.5. The van der Waals surface area contributed by atoms with Crippen molar-refractivity contribution in [2.45, 2.75) is 13.0 Å². The van der Waals surface area contributed by atoms with Gasteiger partial charge in [0.2, 0.25) is 0 Å². The number of hydrogen-bond donors (Lipinski definition) is 0. The normalized spacial score (nSPS) is 14.1. The molecule has 38 heavy (non-hydrogen) atoms. The lowest BCUT2D eigenvalue weighted by Gasteiger charge is -2.35. The number of carbonyl (C=O) groups excluding carboxylic acids is 1. The van der Waals surface area contributed by atoms with Gasteiger partial charge in [0.15, 0.2) is 5.78 Å². The van der Waals surface area contributed by atoms with E-state index in [4.69, 9.17) is 4.98 Å². The minimum atomic E-state index is 0.00441. The van der Waals surface area contributed by atoms with Crippen LogP contribution in [0.1, 0.15) is 21.5 Å². The number of benzene rings is 2. The molecule has 1 saturated heterocycles. The Labute approximate surface area is 221 Å². The van der Waals surface area contributed by atoms with E-state index in [9.17, 15) is 4.79 Å². The number of fused-ring (bicyclic) bond motifs is 1. The maximum Gasteiger partial charge on any atom is 0.170 e. The van der Waals surface area contributed by atoms with E-state index in [-0.39, 0.29) is 5.78 Å². The molecule has 0 unspecified atom stereocenters. The fourth-order valence-electron chi connectivity index (χ4n) is 4.76. The highest BCUT2D eigenvalue weighted by molar-refractivity contribution is 5.97. The van der Waals surface area contributed by atoms with Gasteiger partial charge < -0.3 is 4.90 Å². The van der Waals surface area contributed by atoms with Crippen molar-refractivity contribution in [3.8, 4) is 11.1 Å². The fraction of sp³-hybridized carbons (Fsp3) is 0.200. The highest BCUT2D eigenvalue weighted by Gasteiger charge is 2.19. The summed E-state index contributed by atoms with van der Waals surface area (Å²) in [5.41, 5.74) is 6.61. The van der Waals surface area contributed by atoms with Crippen LogP contribution in [0.25, 0.3) is 22.2 Å². The lowest BCUT2D eigenvalue weighted by molar-refractivity contribution is 0.0992. The van der Waals surface area contributed by atoms with Gasteiger partial charge in [0, 0.05) is 63.9 Å². The monoisotopic (exact) mass is 501 g/mol. The molecule has 3 aromatic heterocycles. The Morgan fingerprint density at radius 1 is 0.763 bits per heavy atom. The summed E-state index contributed by atoms with van der Waals surface area (Å²) in [4.78, 5) is 39.0. The van der Waals surface area contributed by atoms with Crippen molar-refractivity contribution in [3.05, 3.63) is 109 Å². The Balaban J connectivity index is 1.13. The highest BCUT2D eigenvalue weighted by Crippen LogP contribution is 2.25. The molecule has 0 spiro atoms. The van der Waals surface area contributed by atoms with Gasteiger partial charge >= 0.3 is 0 Å². The third-order valence-corrected chi connectivity index (χ3v) is 6.89. The molecule has 6 rings (SSSR count). The summed E-state index contributed by atoms with van der Waals surface area (Å²) in [6, 6.07) is 18.4.